The van der Waals surface area contributed by atoms with Crippen molar-refractivity contribution in [1.82, 2.24) is 0 Å². The minimum Gasteiger partial charge on any atom is -0.326 e. The zero-order valence-corrected chi connectivity index (χ0v) is 10.8. The third-order valence-corrected chi connectivity index (χ3v) is 2.81. The largest absolute Gasteiger partial charge is 0.326 e. The maximum Gasteiger partial charge on any atom is 0.224 e. The molecule has 0 bridgehead atoms. The van der Waals surface area contributed by atoms with Gasteiger partial charge in [-0.15, -0.1) is 0 Å². The van der Waals surface area contributed by atoms with Crippen molar-refractivity contribution >= 4 is 11.6 Å². The standard InChI is InChI=1S/C16H13FN2O/c17-14-5-1-3-12(9-14)7-8-16(20)19-15-6-2-4-13(10-15)11-18/h1-6,9-10H,7-8H2,(H,19,20). The summed E-state index contributed by atoms with van der Waals surface area (Å²) in [6.07, 6.45) is 0.738. The summed E-state index contributed by atoms with van der Waals surface area (Å²) in [5.74, 6) is -0.464. The number of carbonyl (C=O) groups excluding carboxylic acids is 1. The predicted octanol–water partition coefficient (Wildman–Crippen LogP) is 3.27. The highest BCUT2D eigenvalue weighted by Crippen LogP contribution is 2.11. The van der Waals surface area contributed by atoms with E-state index in [1.165, 1.54) is 12.1 Å². The molecule has 0 saturated heterocycles. The van der Waals surface area contributed by atoms with Crippen LogP contribution in [-0.2, 0) is 11.2 Å². The van der Waals surface area contributed by atoms with Gasteiger partial charge in [0.1, 0.15) is 5.82 Å². The lowest BCUT2D eigenvalue weighted by Crippen LogP contribution is -2.12. The summed E-state index contributed by atoms with van der Waals surface area (Å²) < 4.78 is 13.0. The fourth-order valence-electron chi connectivity index (χ4n) is 1.84. The Bertz CT molecular complexity index is 662. The second-order valence-corrected chi connectivity index (χ2v) is 4.37. The number of hydrogen-bond donors (Lipinski definition) is 1. The number of carbonyl (C=O) groups is 1. The van der Waals surface area contributed by atoms with Crippen LogP contribution in [0.15, 0.2) is 48.5 Å². The molecule has 0 saturated carbocycles. The van der Waals surface area contributed by atoms with Crippen LogP contribution in [0.1, 0.15) is 17.5 Å². The maximum atomic E-state index is 13.0. The summed E-state index contributed by atoms with van der Waals surface area (Å²) in [6.45, 7) is 0. The van der Waals surface area contributed by atoms with E-state index in [1.54, 1.807) is 36.4 Å². The molecular formula is C16H13FN2O. The van der Waals surface area contributed by atoms with Crippen molar-refractivity contribution in [3.8, 4) is 6.07 Å². The van der Waals surface area contributed by atoms with Gasteiger partial charge in [0.25, 0.3) is 0 Å². The normalized spacial score (nSPS) is 9.80. The zero-order chi connectivity index (χ0) is 14.4. The number of aryl methyl sites for hydroxylation is 1. The molecule has 0 heterocycles. The van der Waals surface area contributed by atoms with Gasteiger partial charge in [0, 0.05) is 12.1 Å². The summed E-state index contributed by atoms with van der Waals surface area (Å²) in [5.41, 5.74) is 1.87. The smallest absolute Gasteiger partial charge is 0.224 e. The minimum atomic E-state index is -0.301. The molecule has 0 radical (unpaired) electrons. The number of nitrogens with one attached hydrogen (secondary N) is 1. The first-order chi connectivity index (χ1) is 9.67. The molecular weight excluding hydrogens is 255 g/mol. The second-order valence-electron chi connectivity index (χ2n) is 4.37. The van der Waals surface area contributed by atoms with Crippen molar-refractivity contribution in [3.63, 3.8) is 0 Å². The first-order valence-electron chi connectivity index (χ1n) is 6.22. The van der Waals surface area contributed by atoms with E-state index in [-0.39, 0.29) is 18.1 Å². The summed E-state index contributed by atoms with van der Waals surface area (Å²) in [6, 6.07) is 14.9. The predicted molar refractivity (Wildman–Crippen MR) is 74.5 cm³/mol. The van der Waals surface area contributed by atoms with Gasteiger partial charge in [-0.25, -0.2) is 4.39 Å². The van der Waals surface area contributed by atoms with Crippen LogP contribution in [-0.4, -0.2) is 5.91 Å². The number of halogens is 1. The van der Waals surface area contributed by atoms with Crippen molar-refractivity contribution in [3.05, 3.63) is 65.5 Å². The van der Waals surface area contributed by atoms with Crippen LogP contribution in [0.4, 0.5) is 10.1 Å². The van der Waals surface area contributed by atoms with Gasteiger partial charge >= 0.3 is 0 Å². The molecule has 1 N–H and O–H groups in total. The Labute approximate surface area is 116 Å². The molecule has 0 aliphatic carbocycles. The number of anilines is 1. The Morgan fingerprint density at radius 2 is 2.00 bits per heavy atom. The highest BCUT2D eigenvalue weighted by molar-refractivity contribution is 5.90. The molecule has 0 fully saturated rings. The van der Waals surface area contributed by atoms with Crippen LogP contribution < -0.4 is 5.32 Å². The molecule has 1 amide bonds. The third kappa shape index (κ3) is 3.92. The molecule has 0 aliphatic heterocycles. The lowest BCUT2D eigenvalue weighted by Gasteiger charge is -2.05. The molecule has 2 aromatic carbocycles. The van der Waals surface area contributed by atoms with E-state index in [0.717, 1.165) is 5.56 Å². The molecule has 0 atom stereocenters. The van der Waals surface area contributed by atoms with Crippen molar-refractivity contribution in [2.75, 3.05) is 5.32 Å². The van der Waals surface area contributed by atoms with Crippen molar-refractivity contribution in [1.29, 1.82) is 5.26 Å². The van der Waals surface area contributed by atoms with Crippen LogP contribution in [0.3, 0.4) is 0 Å². The number of hydrogen-bond acceptors (Lipinski definition) is 2. The van der Waals surface area contributed by atoms with Gasteiger partial charge in [0.15, 0.2) is 0 Å². The van der Waals surface area contributed by atoms with E-state index in [4.69, 9.17) is 5.26 Å². The van der Waals surface area contributed by atoms with E-state index in [0.29, 0.717) is 17.7 Å². The van der Waals surface area contributed by atoms with Gasteiger partial charge in [-0.05, 0) is 42.3 Å². The van der Waals surface area contributed by atoms with E-state index in [9.17, 15) is 9.18 Å². The topological polar surface area (TPSA) is 52.9 Å². The highest BCUT2D eigenvalue weighted by atomic mass is 19.1. The Morgan fingerprint density at radius 1 is 1.20 bits per heavy atom. The first kappa shape index (κ1) is 13.8. The molecule has 20 heavy (non-hydrogen) atoms. The van der Waals surface area contributed by atoms with Crippen LogP contribution in [0.2, 0.25) is 0 Å². The Balaban J connectivity index is 1.91. The van der Waals surface area contributed by atoms with E-state index >= 15 is 0 Å². The fraction of sp³-hybridized carbons (Fsp3) is 0.125. The first-order valence-corrected chi connectivity index (χ1v) is 6.22. The van der Waals surface area contributed by atoms with Crippen LogP contribution in [0.5, 0.6) is 0 Å². The summed E-state index contributed by atoms with van der Waals surface area (Å²) in [5, 5.41) is 11.5. The van der Waals surface area contributed by atoms with Gasteiger partial charge < -0.3 is 5.32 Å². The van der Waals surface area contributed by atoms with Gasteiger partial charge in [-0.1, -0.05) is 18.2 Å². The molecule has 100 valence electrons. The van der Waals surface area contributed by atoms with E-state index < -0.39 is 0 Å². The molecule has 3 nitrogen and oxygen atoms in total. The number of rotatable bonds is 4. The van der Waals surface area contributed by atoms with Crippen LogP contribution >= 0.6 is 0 Å². The average Bonchev–Trinajstić information content (AvgIpc) is 2.45. The molecule has 2 rings (SSSR count). The van der Waals surface area contributed by atoms with E-state index in [2.05, 4.69) is 5.32 Å². The summed E-state index contributed by atoms with van der Waals surface area (Å²) >= 11 is 0. The van der Waals surface area contributed by atoms with Gasteiger partial charge in [0.2, 0.25) is 5.91 Å². The number of benzene rings is 2. The number of nitrogens with zero attached hydrogens (tertiary/aromatic N) is 1. The van der Waals surface area contributed by atoms with Crippen molar-refractivity contribution in [2.24, 2.45) is 0 Å². The van der Waals surface area contributed by atoms with Crippen molar-refractivity contribution < 1.29 is 9.18 Å². The highest BCUT2D eigenvalue weighted by Gasteiger charge is 2.04. The Kier molecular flexibility index (Phi) is 4.46. The lowest BCUT2D eigenvalue weighted by molar-refractivity contribution is -0.116. The Hall–Kier alpha value is -2.67. The molecule has 4 heteroatoms. The SMILES string of the molecule is N#Cc1cccc(NC(=O)CCc2cccc(F)c2)c1. The lowest BCUT2D eigenvalue weighted by atomic mass is 10.1. The molecule has 0 aliphatic rings. The summed E-state index contributed by atoms with van der Waals surface area (Å²) in [7, 11) is 0. The third-order valence-electron chi connectivity index (χ3n) is 2.81. The minimum absolute atomic E-state index is 0.163. The van der Waals surface area contributed by atoms with Gasteiger partial charge in [0.05, 0.1) is 11.6 Å². The maximum absolute atomic E-state index is 13.0. The average molecular weight is 268 g/mol. The summed E-state index contributed by atoms with van der Waals surface area (Å²) in [4.78, 5) is 11.8. The number of amides is 1. The number of nitriles is 1. The van der Waals surface area contributed by atoms with Gasteiger partial charge in [-0.3, -0.25) is 4.79 Å². The molecule has 0 unspecified atom stereocenters. The zero-order valence-electron chi connectivity index (χ0n) is 10.8. The second kappa shape index (κ2) is 6.48. The quantitative estimate of drug-likeness (QED) is 0.925. The van der Waals surface area contributed by atoms with E-state index in [1.807, 2.05) is 6.07 Å². The fourth-order valence-corrected chi connectivity index (χ4v) is 1.84. The molecule has 0 spiro atoms. The molecule has 0 aromatic heterocycles. The van der Waals surface area contributed by atoms with Crippen LogP contribution in [0.25, 0.3) is 0 Å². The van der Waals surface area contributed by atoms with Crippen molar-refractivity contribution in [2.45, 2.75) is 12.8 Å². The van der Waals surface area contributed by atoms with Gasteiger partial charge in [-0.2, -0.15) is 5.26 Å². The monoisotopic (exact) mass is 268 g/mol. The molecule has 2 aromatic rings. The Morgan fingerprint density at radius 3 is 2.75 bits per heavy atom. The van der Waals surface area contributed by atoms with Crippen LogP contribution in [0, 0.1) is 17.1 Å².